The van der Waals surface area contributed by atoms with Crippen molar-refractivity contribution in [1.82, 2.24) is 4.98 Å². The molecule has 0 fully saturated rings. The first-order chi connectivity index (χ1) is 10.4. The van der Waals surface area contributed by atoms with Crippen LogP contribution in [0.5, 0.6) is 0 Å². The van der Waals surface area contributed by atoms with Gasteiger partial charge in [0.05, 0.1) is 15.1 Å². The molecule has 1 aromatic heterocycles. The van der Waals surface area contributed by atoms with Crippen molar-refractivity contribution in [2.24, 2.45) is 0 Å². The Balaban J connectivity index is 2.05. The summed E-state index contributed by atoms with van der Waals surface area (Å²) in [6.07, 6.45) is 1.15. The average Bonchev–Trinajstić information content (AvgIpc) is 2.51. The molecule has 0 saturated heterocycles. The molecule has 2 rings (SSSR count). The van der Waals surface area contributed by atoms with Crippen molar-refractivity contribution in [3.05, 3.63) is 62.6 Å². The van der Waals surface area contributed by atoms with Crippen LogP contribution in [0.3, 0.4) is 0 Å². The number of Topliss-reactive ketones (excluding diaryl/α,β-unsaturated/α-hetero) is 1. The number of ether oxygens (including phenoxy) is 1. The van der Waals surface area contributed by atoms with Gasteiger partial charge in [0.1, 0.15) is 5.82 Å². The highest BCUT2D eigenvalue weighted by Gasteiger charge is 2.19. The summed E-state index contributed by atoms with van der Waals surface area (Å²) in [5.74, 6) is -1.89. The molecule has 2 aromatic rings. The first kappa shape index (κ1) is 16.7. The topological polar surface area (TPSA) is 56.3 Å². The Hall–Kier alpha value is -1.69. The second-order valence-corrected chi connectivity index (χ2v) is 5.25. The molecule has 0 saturated carbocycles. The zero-order chi connectivity index (χ0) is 16.3. The first-order valence-electron chi connectivity index (χ1n) is 5.85. The molecule has 114 valence electrons. The highest BCUT2D eigenvalue weighted by molar-refractivity contribution is 6.48. The fourth-order valence-electron chi connectivity index (χ4n) is 1.50. The van der Waals surface area contributed by atoms with Gasteiger partial charge < -0.3 is 4.74 Å². The standard InChI is InChI=1S/C14H7Cl3FNO3/c15-9-5-19-13(12(17)11(9)16)14(21)22-6-10(20)7-1-3-8(18)4-2-7/h1-5H,6H2. The summed E-state index contributed by atoms with van der Waals surface area (Å²) in [6.45, 7) is -0.539. The molecular formula is C14H7Cl3FNO3. The van der Waals surface area contributed by atoms with Crippen LogP contribution in [-0.4, -0.2) is 23.3 Å². The number of nitrogens with zero attached hydrogens (tertiary/aromatic N) is 1. The maximum absolute atomic E-state index is 12.8. The smallest absolute Gasteiger partial charge is 0.358 e. The second kappa shape index (κ2) is 7.05. The average molecular weight is 363 g/mol. The van der Waals surface area contributed by atoms with Gasteiger partial charge in [0.2, 0.25) is 0 Å². The molecule has 1 aromatic carbocycles. The minimum absolute atomic E-state index is 0.0323. The molecule has 0 N–H and O–H groups in total. The molecule has 0 bridgehead atoms. The fourth-order valence-corrected chi connectivity index (χ4v) is 2.06. The van der Waals surface area contributed by atoms with Crippen LogP contribution in [0.15, 0.2) is 30.5 Å². The number of rotatable bonds is 4. The van der Waals surface area contributed by atoms with E-state index in [0.29, 0.717) is 0 Å². The molecule has 22 heavy (non-hydrogen) atoms. The Kier molecular flexibility index (Phi) is 5.34. The molecule has 0 atom stereocenters. The lowest BCUT2D eigenvalue weighted by Crippen LogP contribution is -2.15. The number of benzene rings is 1. The summed E-state index contributed by atoms with van der Waals surface area (Å²) in [5, 5.41) is -0.103. The molecule has 0 spiro atoms. The van der Waals surface area contributed by atoms with Crippen molar-refractivity contribution in [3.8, 4) is 0 Å². The lowest BCUT2D eigenvalue weighted by molar-refractivity contribution is 0.0469. The van der Waals surface area contributed by atoms with Crippen LogP contribution in [0.1, 0.15) is 20.8 Å². The van der Waals surface area contributed by atoms with E-state index in [1.54, 1.807) is 0 Å². The van der Waals surface area contributed by atoms with Crippen LogP contribution in [-0.2, 0) is 4.74 Å². The third kappa shape index (κ3) is 3.74. The summed E-state index contributed by atoms with van der Waals surface area (Å²) in [6, 6.07) is 4.84. The Labute approximate surface area is 139 Å². The van der Waals surface area contributed by atoms with Crippen molar-refractivity contribution >= 4 is 46.6 Å². The van der Waals surface area contributed by atoms with E-state index in [2.05, 4.69) is 4.98 Å². The SMILES string of the molecule is O=C(COC(=O)c1ncc(Cl)c(Cl)c1Cl)c1ccc(F)cc1. The predicted octanol–water partition coefficient (Wildman–Crippen LogP) is 4.22. The van der Waals surface area contributed by atoms with E-state index in [9.17, 15) is 14.0 Å². The second-order valence-electron chi connectivity index (χ2n) is 4.09. The number of esters is 1. The third-order valence-electron chi connectivity index (χ3n) is 2.61. The van der Waals surface area contributed by atoms with Gasteiger partial charge in [-0.2, -0.15) is 0 Å². The normalized spacial score (nSPS) is 10.4. The molecule has 0 aliphatic heterocycles. The number of hydrogen-bond donors (Lipinski definition) is 0. The van der Waals surface area contributed by atoms with Crippen LogP contribution >= 0.6 is 34.8 Å². The lowest BCUT2D eigenvalue weighted by Gasteiger charge is -2.07. The monoisotopic (exact) mass is 361 g/mol. The molecule has 0 aliphatic carbocycles. The summed E-state index contributed by atoms with van der Waals surface area (Å²) >= 11 is 17.3. The number of aromatic nitrogens is 1. The number of halogens is 4. The minimum Gasteiger partial charge on any atom is -0.453 e. The molecule has 0 aliphatic rings. The maximum atomic E-state index is 12.8. The van der Waals surface area contributed by atoms with Crippen LogP contribution in [0.2, 0.25) is 15.1 Å². The van der Waals surface area contributed by atoms with Gasteiger partial charge >= 0.3 is 5.97 Å². The molecule has 0 unspecified atom stereocenters. The summed E-state index contributed by atoms with van der Waals surface area (Å²) < 4.78 is 17.6. The summed E-state index contributed by atoms with van der Waals surface area (Å²) in [4.78, 5) is 27.4. The summed E-state index contributed by atoms with van der Waals surface area (Å²) in [5.41, 5.74) is -0.0367. The van der Waals surface area contributed by atoms with E-state index in [1.807, 2.05) is 0 Å². The van der Waals surface area contributed by atoms with E-state index in [4.69, 9.17) is 39.5 Å². The zero-order valence-corrected chi connectivity index (χ0v) is 13.0. The molecule has 0 amide bonds. The van der Waals surface area contributed by atoms with Gasteiger partial charge in [0.25, 0.3) is 0 Å². The Morgan fingerprint density at radius 3 is 2.36 bits per heavy atom. The van der Waals surface area contributed by atoms with E-state index >= 15 is 0 Å². The zero-order valence-electron chi connectivity index (χ0n) is 10.8. The maximum Gasteiger partial charge on any atom is 0.358 e. The Morgan fingerprint density at radius 2 is 1.73 bits per heavy atom. The minimum atomic E-state index is -0.918. The van der Waals surface area contributed by atoms with E-state index in [0.717, 1.165) is 18.3 Å². The van der Waals surface area contributed by atoms with Gasteiger partial charge in [0.15, 0.2) is 18.1 Å². The highest BCUT2D eigenvalue weighted by atomic mass is 35.5. The van der Waals surface area contributed by atoms with Gasteiger partial charge in [0, 0.05) is 11.8 Å². The molecule has 8 heteroatoms. The van der Waals surface area contributed by atoms with Crippen molar-refractivity contribution in [2.75, 3.05) is 6.61 Å². The number of hydrogen-bond acceptors (Lipinski definition) is 4. The number of pyridine rings is 1. The van der Waals surface area contributed by atoms with Crippen molar-refractivity contribution in [2.45, 2.75) is 0 Å². The van der Waals surface area contributed by atoms with Crippen LogP contribution < -0.4 is 0 Å². The van der Waals surface area contributed by atoms with Crippen molar-refractivity contribution in [1.29, 1.82) is 0 Å². The Bertz CT molecular complexity index is 735. The van der Waals surface area contributed by atoms with Crippen LogP contribution in [0.25, 0.3) is 0 Å². The van der Waals surface area contributed by atoms with Gasteiger partial charge in [-0.15, -0.1) is 0 Å². The van der Waals surface area contributed by atoms with Crippen LogP contribution in [0, 0.1) is 5.82 Å². The number of ketones is 1. The van der Waals surface area contributed by atoms with E-state index < -0.39 is 24.2 Å². The Morgan fingerprint density at radius 1 is 1.09 bits per heavy atom. The van der Waals surface area contributed by atoms with Gasteiger partial charge in [-0.25, -0.2) is 14.2 Å². The molecule has 1 heterocycles. The highest BCUT2D eigenvalue weighted by Crippen LogP contribution is 2.31. The quantitative estimate of drug-likeness (QED) is 0.603. The van der Waals surface area contributed by atoms with Gasteiger partial charge in [-0.3, -0.25) is 4.79 Å². The van der Waals surface area contributed by atoms with E-state index in [1.165, 1.54) is 12.1 Å². The van der Waals surface area contributed by atoms with Gasteiger partial charge in [-0.1, -0.05) is 34.8 Å². The summed E-state index contributed by atoms with van der Waals surface area (Å²) in [7, 11) is 0. The largest absolute Gasteiger partial charge is 0.453 e. The first-order valence-corrected chi connectivity index (χ1v) is 6.99. The molecule has 0 radical (unpaired) electrons. The van der Waals surface area contributed by atoms with Crippen molar-refractivity contribution < 1.29 is 18.7 Å². The van der Waals surface area contributed by atoms with Crippen LogP contribution in [0.4, 0.5) is 4.39 Å². The molecular weight excluding hydrogens is 356 g/mol. The lowest BCUT2D eigenvalue weighted by atomic mass is 10.1. The molecule has 4 nitrogen and oxygen atoms in total. The fraction of sp³-hybridized carbons (Fsp3) is 0.0714. The third-order valence-corrected chi connectivity index (χ3v) is 3.85. The number of carbonyl (C=O) groups excluding carboxylic acids is 2. The van der Waals surface area contributed by atoms with E-state index in [-0.39, 0.29) is 26.3 Å². The van der Waals surface area contributed by atoms with Crippen molar-refractivity contribution in [3.63, 3.8) is 0 Å². The van der Waals surface area contributed by atoms with Gasteiger partial charge in [-0.05, 0) is 24.3 Å². The number of carbonyl (C=O) groups is 2. The predicted molar refractivity (Wildman–Crippen MR) is 80.3 cm³/mol.